The molecule has 0 radical (unpaired) electrons. The number of nitrogens with two attached hydrogens (primary N) is 1. The average molecular weight is 307 g/mol. The van der Waals surface area contributed by atoms with E-state index in [2.05, 4.69) is 4.98 Å². The second-order valence-electron chi connectivity index (χ2n) is 6.50. The predicted molar refractivity (Wildman–Crippen MR) is 78.9 cm³/mol. The zero-order chi connectivity index (χ0) is 15.9. The van der Waals surface area contributed by atoms with Gasteiger partial charge in [0.15, 0.2) is 0 Å². The Morgan fingerprint density at radius 3 is 2.91 bits per heavy atom. The molecule has 7 heteroatoms. The summed E-state index contributed by atoms with van der Waals surface area (Å²) in [7, 11) is 0. The van der Waals surface area contributed by atoms with E-state index in [1.54, 1.807) is 26.1 Å². The van der Waals surface area contributed by atoms with E-state index in [1.165, 1.54) is 4.57 Å². The summed E-state index contributed by atoms with van der Waals surface area (Å²) in [4.78, 5) is 27.3. The van der Waals surface area contributed by atoms with E-state index in [9.17, 15) is 9.59 Å². The van der Waals surface area contributed by atoms with Gasteiger partial charge in [-0.15, -0.1) is 0 Å². The molecule has 1 saturated heterocycles. The Bertz CT molecular complexity index is 636. The Labute approximate surface area is 128 Å². The molecule has 0 bridgehead atoms. The molecule has 2 aliphatic rings. The lowest BCUT2D eigenvalue weighted by molar-refractivity contribution is -0.152. The van der Waals surface area contributed by atoms with Gasteiger partial charge in [-0.25, -0.2) is 4.79 Å². The van der Waals surface area contributed by atoms with Gasteiger partial charge >= 0.3 is 11.7 Å². The van der Waals surface area contributed by atoms with Crippen molar-refractivity contribution in [3.05, 3.63) is 22.7 Å². The van der Waals surface area contributed by atoms with Crippen LogP contribution in [0.25, 0.3) is 0 Å². The Balaban J connectivity index is 1.71. The van der Waals surface area contributed by atoms with Crippen LogP contribution in [0.3, 0.4) is 0 Å². The van der Waals surface area contributed by atoms with Crippen LogP contribution < -0.4 is 11.4 Å². The highest BCUT2D eigenvalue weighted by molar-refractivity contribution is 5.71. The van der Waals surface area contributed by atoms with Crippen LogP contribution in [0.15, 0.2) is 17.1 Å². The first-order chi connectivity index (χ1) is 10.4. The highest BCUT2D eigenvalue weighted by Gasteiger charge is 2.58. The predicted octanol–water partition coefficient (Wildman–Crippen LogP) is 1.09. The summed E-state index contributed by atoms with van der Waals surface area (Å²) < 4.78 is 12.7. The van der Waals surface area contributed by atoms with Crippen molar-refractivity contribution in [1.82, 2.24) is 9.55 Å². The third-order valence-electron chi connectivity index (χ3n) is 4.36. The van der Waals surface area contributed by atoms with Gasteiger partial charge in [0.25, 0.3) is 0 Å². The Morgan fingerprint density at radius 2 is 2.32 bits per heavy atom. The first kappa shape index (κ1) is 15.0. The molecular formula is C15H21N3O4. The van der Waals surface area contributed by atoms with Gasteiger partial charge < -0.3 is 15.2 Å². The first-order valence-electron chi connectivity index (χ1n) is 7.58. The van der Waals surface area contributed by atoms with Crippen molar-refractivity contribution in [3.63, 3.8) is 0 Å². The number of ether oxygens (including phenoxy) is 2. The summed E-state index contributed by atoms with van der Waals surface area (Å²) in [6.45, 7) is 3.82. The van der Waals surface area contributed by atoms with E-state index in [0.29, 0.717) is 0 Å². The molecule has 2 atom stereocenters. The van der Waals surface area contributed by atoms with Gasteiger partial charge in [-0.2, -0.15) is 4.98 Å². The normalized spacial score (nSPS) is 25.6. The van der Waals surface area contributed by atoms with Gasteiger partial charge in [0.05, 0.1) is 12.0 Å². The molecule has 120 valence electrons. The van der Waals surface area contributed by atoms with E-state index >= 15 is 0 Å². The standard InChI is InChI=1S/C15H21N3O4/c1-9(2)12(19)21-8-10-7-15(4-5-15)13(22-10)18-6-3-11(16)17-14(18)20/h3,6,9-10,13H,4-5,7-8H2,1-2H3,(H2,16,17,20)/t10-,13+/m0/s1. The number of anilines is 1. The van der Waals surface area contributed by atoms with E-state index in [-0.39, 0.29) is 42.1 Å². The van der Waals surface area contributed by atoms with E-state index in [4.69, 9.17) is 15.2 Å². The summed E-state index contributed by atoms with van der Waals surface area (Å²) in [6, 6.07) is 1.59. The van der Waals surface area contributed by atoms with E-state index < -0.39 is 5.69 Å². The summed E-state index contributed by atoms with van der Waals surface area (Å²) in [6.07, 6.45) is 3.89. The highest BCUT2D eigenvalue weighted by Crippen LogP contribution is 2.62. The number of rotatable bonds is 4. The lowest BCUT2D eigenvalue weighted by atomic mass is 10.0. The summed E-state index contributed by atoms with van der Waals surface area (Å²) in [5.74, 6) is -0.189. The molecule has 3 rings (SSSR count). The fourth-order valence-electron chi connectivity index (χ4n) is 2.95. The second-order valence-corrected chi connectivity index (χ2v) is 6.50. The number of hydrogen-bond donors (Lipinski definition) is 1. The minimum Gasteiger partial charge on any atom is -0.463 e. The minimum atomic E-state index is -0.406. The first-order valence-corrected chi connectivity index (χ1v) is 7.58. The SMILES string of the molecule is CC(C)C(=O)OC[C@@H]1CC2(CC2)[C@H](n2ccc(N)nc2=O)O1. The number of esters is 1. The molecule has 1 aromatic rings. The lowest BCUT2D eigenvalue weighted by Gasteiger charge is -2.19. The number of carbonyl (C=O) groups excluding carboxylic acids is 1. The number of hydrogen-bond acceptors (Lipinski definition) is 6. The highest BCUT2D eigenvalue weighted by atomic mass is 16.6. The van der Waals surface area contributed by atoms with Crippen molar-refractivity contribution in [2.75, 3.05) is 12.3 Å². The average Bonchev–Trinajstić information content (AvgIpc) is 3.12. The third kappa shape index (κ3) is 2.72. The van der Waals surface area contributed by atoms with E-state index in [0.717, 1.165) is 19.3 Å². The second kappa shape index (κ2) is 5.39. The quantitative estimate of drug-likeness (QED) is 0.836. The number of carbonyl (C=O) groups is 1. The molecule has 0 aromatic carbocycles. The molecule has 7 nitrogen and oxygen atoms in total. The summed E-state index contributed by atoms with van der Waals surface area (Å²) in [5.41, 5.74) is 5.09. The van der Waals surface area contributed by atoms with Crippen LogP contribution in [0.2, 0.25) is 0 Å². The molecule has 22 heavy (non-hydrogen) atoms. The molecular weight excluding hydrogens is 286 g/mol. The fourth-order valence-corrected chi connectivity index (χ4v) is 2.95. The fraction of sp³-hybridized carbons (Fsp3) is 0.667. The van der Waals surface area contributed by atoms with Crippen molar-refractivity contribution >= 4 is 11.8 Å². The van der Waals surface area contributed by atoms with Crippen molar-refractivity contribution in [2.45, 2.75) is 45.4 Å². The Kier molecular flexibility index (Phi) is 3.68. The van der Waals surface area contributed by atoms with Gasteiger partial charge in [-0.1, -0.05) is 13.8 Å². The third-order valence-corrected chi connectivity index (χ3v) is 4.36. The number of nitrogens with zero attached hydrogens (tertiary/aromatic N) is 2. The topological polar surface area (TPSA) is 96.4 Å². The monoisotopic (exact) mass is 307 g/mol. The van der Waals surface area contributed by atoms with Crippen molar-refractivity contribution in [3.8, 4) is 0 Å². The smallest absolute Gasteiger partial charge is 0.351 e. The molecule has 1 saturated carbocycles. The van der Waals surface area contributed by atoms with Crippen LogP contribution in [-0.2, 0) is 14.3 Å². The summed E-state index contributed by atoms with van der Waals surface area (Å²) in [5, 5.41) is 0. The maximum atomic E-state index is 12.0. The van der Waals surface area contributed by atoms with Crippen LogP contribution in [0, 0.1) is 11.3 Å². The molecule has 1 aromatic heterocycles. The maximum Gasteiger partial charge on any atom is 0.351 e. The van der Waals surface area contributed by atoms with Gasteiger partial charge in [0, 0.05) is 11.6 Å². The van der Waals surface area contributed by atoms with Gasteiger partial charge in [-0.05, 0) is 25.3 Å². The zero-order valence-corrected chi connectivity index (χ0v) is 12.8. The van der Waals surface area contributed by atoms with Crippen LogP contribution >= 0.6 is 0 Å². The van der Waals surface area contributed by atoms with E-state index in [1.807, 2.05) is 0 Å². The molecule has 2 N–H and O–H groups in total. The molecule has 0 amide bonds. The van der Waals surface area contributed by atoms with Crippen molar-refractivity contribution in [2.24, 2.45) is 11.3 Å². The summed E-state index contributed by atoms with van der Waals surface area (Å²) >= 11 is 0. The maximum absolute atomic E-state index is 12.0. The largest absolute Gasteiger partial charge is 0.463 e. The van der Waals surface area contributed by atoms with Crippen LogP contribution in [0.4, 0.5) is 5.82 Å². The molecule has 2 fully saturated rings. The molecule has 1 aliphatic carbocycles. The Hall–Kier alpha value is -1.89. The molecule has 2 heterocycles. The van der Waals surface area contributed by atoms with Crippen LogP contribution in [0.1, 0.15) is 39.3 Å². The van der Waals surface area contributed by atoms with Gasteiger partial charge in [0.2, 0.25) is 0 Å². The van der Waals surface area contributed by atoms with Crippen molar-refractivity contribution < 1.29 is 14.3 Å². The van der Waals surface area contributed by atoms with Gasteiger partial charge in [-0.3, -0.25) is 9.36 Å². The van der Waals surface area contributed by atoms with Crippen LogP contribution in [-0.4, -0.2) is 28.2 Å². The minimum absolute atomic E-state index is 0.0312. The van der Waals surface area contributed by atoms with Crippen molar-refractivity contribution in [1.29, 1.82) is 0 Å². The van der Waals surface area contributed by atoms with Gasteiger partial charge in [0.1, 0.15) is 18.7 Å². The number of nitrogen functional groups attached to an aromatic ring is 1. The molecule has 1 spiro atoms. The zero-order valence-electron chi connectivity index (χ0n) is 12.8. The molecule has 0 unspecified atom stereocenters. The Morgan fingerprint density at radius 1 is 1.59 bits per heavy atom. The van der Waals surface area contributed by atoms with Crippen LogP contribution in [0.5, 0.6) is 0 Å². The lowest BCUT2D eigenvalue weighted by Crippen LogP contribution is -2.31. The number of aromatic nitrogens is 2. The molecule has 1 aliphatic heterocycles.